The lowest BCUT2D eigenvalue weighted by Gasteiger charge is -2.26. The van der Waals surface area contributed by atoms with Crippen molar-refractivity contribution in [2.45, 2.75) is 26.3 Å². The topological polar surface area (TPSA) is 35.6 Å². The maximum atomic E-state index is 11.8. The van der Waals surface area contributed by atoms with Gasteiger partial charge in [0.1, 0.15) is 0 Å². The SMILES string of the molecule is CC(C)N(C)C(=O)CN1CCCNCC1. The average Bonchev–Trinajstić information content (AvgIpc) is 2.45. The molecule has 1 aliphatic heterocycles. The summed E-state index contributed by atoms with van der Waals surface area (Å²) < 4.78 is 0. The second kappa shape index (κ2) is 6.08. The maximum Gasteiger partial charge on any atom is 0.236 e. The fourth-order valence-corrected chi connectivity index (χ4v) is 1.65. The molecule has 4 nitrogen and oxygen atoms in total. The number of likely N-dealkylation sites (N-methyl/N-ethyl adjacent to an activating group) is 1. The van der Waals surface area contributed by atoms with Crippen molar-refractivity contribution in [3.63, 3.8) is 0 Å². The fourth-order valence-electron chi connectivity index (χ4n) is 1.65. The number of rotatable bonds is 3. The molecule has 0 spiro atoms. The molecule has 4 heteroatoms. The van der Waals surface area contributed by atoms with E-state index in [9.17, 15) is 4.79 Å². The molecule has 1 aliphatic rings. The summed E-state index contributed by atoms with van der Waals surface area (Å²) in [4.78, 5) is 15.9. The number of carbonyl (C=O) groups excluding carboxylic acids is 1. The Balaban J connectivity index is 2.35. The van der Waals surface area contributed by atoms with E-state index in [1.54, 1.807) is 0 Å². The quantitative estimate of drug-likeness (QED) is 0.725. The predicted octanol–water partition coefficient (Wildman–Crippen LogP) is 0.149. The first-order valence-corrected chi connectivity index (χ1v) is 5.80. The number of nitrogens with zero attached hydrogens (tertiary/aromatic N) is 2. The van der Waals surface area contributed by atoms with Gasteiger partial charge in [0.05, 0.1) is 6.54 Å². The van der Waals surface area contributed by atoms with E-state index in [4.69, 9.17) is 0 Å². The van der Waals surface area contributed by atoms with Crippen LogP contribution in [0.4, 0.5) is 0 Å². The van der Waals surface area contributed by atoms with Gasteiger partial charge in [-0.05, 0) is 33.4 Å². The maximum absolute atomic E-state index is 11.8. The zero-order chi connectivity index (χ0) is 11.3. The number of hydrogen-bond donors (Lipinski definition) is 1. The highest BCUT2D eigenvalue weighted by molar-refractivity contribution is 5.78. The number of hydrogen-bond acceptors (Lipinski definition) is 3. The van der Waals surface area contributed by atoms with Gasteiger partial charge < -0.3 is 10.2 Å². The van der Waals surface area contributed by atoms with Gasteiger partial charge in [-0.3, -0.25) is 9.69 Å². The van der Waals surface area contributed by atoms with Gasteiger partial charge in [0.15, 0.2) is 0 Å². The fraction of sp³-hybridized carbons (Fsp3) is 0.909. The lowest BCUT2D eigenvalue weighted by Crippen LogP contribution is -2.42. The van der Waals surface area contributed by atoms with E-state index in [2.05, 4.69) is 10.2 Å². The molecule has 1 amide bonds. The monoisotopic (exact) mass is 213 g/mol. The van der Waals surface area contributed by atoms with Crippen molar-refractivity contribution in [2.75, 3.05) is 39.8 Å². The lowest BCUT2D eigenvalue weighted by atomic mass is 10.3. The second-order valence-electron chi connectivity index (χ2n) is 4.48. The summed E-state index contributed by atoms with van der Waals surface area (Å²) in [5.41, 5.74) is 0. The van der Waals surface area contributed by atoms with Gasteiger partial charge in [-0.15, -0.1) is 0 Å². The summed E-state index contributed by atoms with van der Waals surface area (Å²) in [6, 6.07) is 0.294. The van der Waals surface area contributed by atoms with Crippen LogP contribution in [0.25, 0.3) is 0 Å². The molecule has 0 bridgehead atoms. The van der Waals surface area contributed by atoms with E-state index in [0.717, 1.165) is 32.6 Å². The molecule has 0 aliphatic carbocycles. The molecule has 0 aromatic rings. The summed E-state index contributed by atoms with van der Waals surface area (Å²) >= 11 is 0. The molecular formula is C11H23N3O. The molecule has 1 heterocycles. The van der Waals surface area contributed by atoms with Crippen LogP contribution < -0.4 is 5.32 Å². The van der Waals surface area contributed by atoms with Crippen LogP contribution in [0.3, 0.4) is 0 Å². The second-order valence-corrected chi connectivity index (χ2v) is 4.48. The minimum atomic E-state index is 0.229. The first-order valence-electron chi connectivity index (χ1n) is 5.80. The molecule has 1 rings (SSSR count). The molecule has 0 unspecified atom stereocenters. The van der Waals surface area contributed by atoms with Crippen LogP contribution in [0.2, 0.25) is 0 Å². The molecule has 15 heavy (non-hydrogen) atoms. The lowest BCUT2D eigenvalue weighted by molar-refractivity contribution is -0.132. The van der Waals surface area contributed by atoms with Crippen molar-refractivity contribution in [3.8, 4) is 0 Å². The minimum Gasteiger partial charge on any atom is -0.342 e. The van der Waals surface area contributed by atoms with Crippen LogP contribution >= 0.6 is 0 Å². The summed E-state index contributed by atoms with van der Waals surface area (Å²) in [5.74, 6) is 0.229. The summed E-state index contributed by atoms with van der Waals surface area (Å²) in [6.45, 7) is 8.74. The van der Waals surface area contributed by atoms with Crippen LogP contribution in [0, 0.1) is 0 Å². The molecule has 1 fully saturated rings. The van der Waals surface area contributed by atoms with E-state index in [1.165, 1.54) is 0 Å². The molecule has 1 saturated heterocycles. The Bertz CT molecular complexity index is 198. The van der Waals surface area contributed by atoms with Gasteiger partial charge in [0.25, 0.3) is 0 Å². The van der Waals surface area contributed by atoms with Crippen molar-refractivity contribution < 1.29 is 4.79 Å². The average molecular weight is 213 g/mol. The Morgan fingerprint density at radius 1 is 1.40 bits per heavy atom. The Hall–Kier alpha value is -0.610. The first kappa shape index (κ1) is 12.5. The van der Waals surface area contributed by atoms with Crippen molar-refractivity contribution in [1.82, 2.24) is 15.1 Å². The van der Waals surface area contributed by atoms with E-state index in [0.29, 0.717) is 12.6 Å². The van der Waals surface area contributed by atoms with Gasteiger partial charge in [0.2, 0.25) is 5.91 Å². The molecule has 1 N–H and O–H groups in total. The van der Waals surface area contributed by atoms with E-state index >= 15 is 0 Å². The van der Waals surface area contributed by atoms with Crippen LogP contribution in [-0.4, -0.2) is 61.5 Å². The molecule has 0 atom stereocenters. The molecular weight excluding hydrogens is 190 g/mol. The van der Waals surface area contributed by atoms with E-state index < -0.39 is 0 Å². The third-order valence-corrected chi connectivity index (χ3v) is 2.96. The number of nitrogens with one attached hydrogen (secondary N) is 1. The largest absolute Gasteiger partial charge is 0.342 e. The third-order valence-electron chi connectivity index (χ3n) is 2.96. The Morgan fingerprint density at radius 2 is 2.13 bits per heavy atom. The van der Waals surface area contributed by atoms with E-state index in [1.807, 2.05) is 25.8 Å². The predicted molar refractivity (Wildman–Crippen MR) is 61.8 cm³/mol. The molecule has 0 radical (unpaired) electrons. The zero-order valence-electron chi connectivity index (χ0n) is 10.1. The Morgan fingerprint density at radius 3 is 2.80 bits per heavy atom. The Kier molecular flexibility index (Phi) is 5.05. The zero-order valence-corrected chi connectivity index (χ0v) is 10.1. The van der Waals surface area contributed by atoms with Crippen LogP contribution in [0.1, 0.15) is 20.3 Å². The standard InChI is InChI=1S/C11H23N3O/c1-10(2)13(3)11(15)9-14-7-4-5-12-6-8-14/h10,12H,4-9H2,1-3H3. The van der Waals surface area contributed by atoms with Crippen molar-refractivity contribution in [3.05, 3.63) is 0 Å². The smallest absolute Gasteiger partial charge is 0.236 e. The summed E-state index contributed by atoms with van der Waals surface area (Å²) in [7, 11) is 1.88. The molecule has 0 aromatic heterocycles. The molecule has 88 valence electrons. The van der Waals surface area contributed by atoms with E-state index in [-0.39, 0.29) is 5.91 Å². The normalized spacial score (nSPS) is 18.9. The van der Waals surface area contributed by atoms with Crippen molar-refractivity contribution in [1.29, 1.82) is 0 Å². The summed E-state index contributed by atoms with van der Waals surface area (Å²) in [6.07, 6.45) is 1.14. The third kappa shape index (κ3) is 4.18. The van der Waals surface area contributed by atoms with Gasteiger partial charge >= 0.3 is 0 Å². The van der Waals surface area contributed by atoms with Crippen LogP contribution in [0.5, 0.6) is 0 Å². The highest BCUT2D eigenvalue weighted by Gasteiger charge is 2.16. The number of carbonyl (C=O) groups is 1. The first-order chi connectivity index (χ1) is 7.11. The molecule has 0 saturated carbocycles. The summed E-state index contributed by atoms with van der Waals surface area (Å²) in [5, 5.41) is 3.34. The van der Waals surface area contributed by atoms with Gasteiger partial charge in [-0.25, -0.2) is 0 Å². The van der Waals surface area contributed by atoms with Crippen molar-refractivity contribution >= 4 is 5.91 Å². The van der Waals surface area contributed by atoms with Gasteiger partial charge in [0, 0.05) is 26.2 Å². The van der Waals surface area contributed by atoms with Crippen LogP contribution in [-0.2, 0) is 4.79 Å². The Labute approximate surface area is 92.6 Å². The minimum absolute atomic E-state index is 0.229. The van der Waals surface area contributed by atoms with Crippen molar-refractivity contribution in [2.24, 2.45) is 0 Å². The van der Waals surface area contributed by atoms with Gasteiger partial charge in [-0.1, -0.05) is 0 Å². The van der Waals surface area contributed by atoms with Gasteiger partial charge in [-0.2, -0.15) is 0 Å². The van der Waals surface area contributed by atoms with Crippen LogP contribution in [0.15, 0.2) is 0 Å². The highest BCUT2D eigenvalue weighted by Crippen LogP contribution is 1.99. The molecule has 0 aromatic carbocycles. The highest BCUT2D eigenvalue weighted by atomic mass is 16.2. The number of amides is 1.